The van der Waals surface area contributed by atoms with Gasteiger partial charge >= 0.3 is 0 Å². The number of nitrogens with two attached hydrogens (primary N) is 2. The molecular formula is C26H34N4O7. The number of ketones is 4. The van der Waals surface area contributed by atoms with Crippen molar-refractivity contribution < 1.29 is 34.2 Å². The third-order valence-corrected chi connectivity index (χ3v) is 8.33. The number of anilines is 2. The molecule has 0 radical (unpaired) electrons. The number of likely N-dealkylation sites (N-methyl/N-ethyl adjacent to an activating group) is 1. The van der Waals surface area contributed by atoms with Crippen LogP contribution in [0.2, 0.25) is 0 Å². The van der Waals surface area contributed by atoms with Crippen LogP contribution < -0.4 is 16.4 Å². The Morgan fingerprint density at radius 3 is 2.38 bits per heavy atom. The summed E-state index contributed by atoms with van der Waals surface area (Å²) < 4.78 is 0. The van der Waals surface area contributed by atoms with Crippen molar-refractivity contribution in [3.05, 3.63) is 17.2 Å². The predicted molar refractivity (Wildman–Crippen MR) is 134 cm³/mol. The number of unbranched alkanes of at least 4 members (excludes halogenated alkanes) is 1. The van der Waals surface area contributed by atoms with E-state index < -0.39 is 70.1 Å². The molecule has 1 amide bonds. The van der Waals surface area contributed by atoms with Crippen LogP contribution in [0.25, 0.3) is 0 Å². The summed E-state index contributed by atoms with van der Waals surface area (Å²) in [7, 11) is 4.96. The van der Waals surface area contributed by atoms with E-state index in [4.69, 9.17) is 11.5 Å². The number of Topliss-reactive ketones (excluding diaryl/α,β-unsaturated/α-hetero) is 4. The Hall–Kier alpha value is -3.31. The molecule has 200 valence electrons. The average Bonchev–Trinajstić information content (AvgIpc) is 2.81. The van der Waals surface area contributed by atoms with Crippen LogP contribution in [0.4, 0.5) is 11.4 Å². The van der Waals surface area contributed by atoms with Crippen LogP contribution in [0.3, 0.4) is 0 Å². The third-order valence-electron chi connectivity index (χ3n) is 8.33. The molecule has 0 saturated heterocycles. The van der Waals surface area contributed by atoms with E-state index in [2.05, 4.69) is 0 Å². The van der Waals surface area contributed by atoms with Crippen molar-refractivity contribution in [2.75, 3.05) is 38.3 Å². The molecule has 11 nitrogen and oxygen atoms in total. The van der Waals surface area contributed by atoms with Gasteiger partial charge in [0.1, 0.15) is 5.75 Å². The summed E-state index contributed by atoms with van der Waals surface area (Å²) in [5.74, 6) is -10.8. The minimum absolute atomic E-state index is 0.00709. The van der Waals surface area contributed by atoms with Crippen LogP contribution in [-0.2, 0) is 25.6 Å². The summed E-state index contributed by atoms with van der Waals surface area (Å²) in [6.45, 7) is 2.73. The molecule has 0 aliphatic heterocycles. The molecule has 2 fully saturated rings. The highest BCUT2D eigenvalue weighted by Crippen LogP contribution is 2.52. The summed E-state index contributed by atoms with van der Waals surface area (Å²) in [6.07, 6.45) is 2.03. The Kier molecular flexibility index (Phi) is 6.66. The number of carbonyl (C=O) groups excluding carboxylic acids is 5. The number of hydrogen-bond acceptors (Lipinski definition) is 10. The first-order valence-electron chi connectivity index (χ1n) is 12.5. The topological polar surface area (TPSA) is 184 Å². The fourth-order valence-corrected chi connectivity index (χ4v) is 6.53. The fraction of sp³-hybridized carbons (Fsp3) is 0.577. The van der Waals surface area contributed by atoms with Gasteiger partial charge in [-0.1, -0.05) is 13.3 Å². The van der Waals surface area contributed by atoms with Gasteiger partial charge < -0.3 is 26.6 Å². The molecule has 0 bridgehead atoms. The quantitative estimate of drug-likeness (QED) is 0.223. The van der Waals surface area contributed by atoms with Crippen LogP contribution in [0.5, 0.6) is 5.75 Å². The zero-order valence-corrected chi connectivity index (χ0v) is 21.5. The molecule has 1 aromatic carbocycles. The van der Waals surface area contributed by atoms with E-state index in [1.807, 2.05) is 18.9 Å². The molecule has 0 spiro atoms. The van der Waals surface area contributed by atoms with Gasteiger partial charge in [0.2, 0.25) is 5.91 Å². The van der Waals surface area contributed by atoms with Crippen LogP contribution >= 0.6 is 0 Å². The van der Waals surface area contributed by atoms with Gasteiger partial charge in [-0.2, -0.15) is 0 Å². The van der Waals surface area contributed by atoms with Gasteiger partial charge in [0.05, 0.1) is 23.2 Å². The smallest absolute Gasteiger partial charge is 0.235 e. The molecule has 6 N–H and O–H groups in total. The maximum atomic E-state index is 13.8. The number of phenolic OH excluding ortho intramolecular Hbond substituents is 1. The second kappa shape index (κ2) is 9.21. The number of phenols is 1. The number of rotatable bonds is 6. The Morgan fingerprint density at radius 2 is 1.81 bits per heavy atom. The van der Waals surface area contributed by atoms with Crippen LogP contribution in [0.15, 0.2) is 6.07 Å². The van der Waals surface area contributed by atoms with E-state index in [-0.39, 0.29) is 24.1 Å². The van der Waals surface area contributed by atoms with Gasteiger partial charge in [0.25, 0.3) is 0 Å². The van der Waals surface area contributed by atoms with E-state index in [1.165, 1.54) is 4.90 Å². The lowest BCUT2D eigenvalue weighted by molar-refractivity contribution is -0.181. The van der Waals surface area contributed by atoms with E-state index in [1.54, 1.807) is 20.2 Å². The normalized spacial score (nSPS) is 31.1. The molecule has 4 unspecified atom stereocenters. The van der Waals surface area contributed by atoms with Crippen molar-refractivity contribution in [3.8, 4) is 5.75 Å². The minimum atomic E-state index is -2.74. The molecule has 6 atom stereocenters. The maximum absolute atomic E-state index is 13.8. The first-order valence-corrected chi connectivity index (χ1v) is 12.5. The number of aliphatic hydroxyl groups is 1. The molecule has 37 heavy (non-hydrogen) atoms. The highest BCUT2D eigenvalue weighted by molar-refractivity contribution is 6.32. The number of nitrogens with zero attached hydrogens (tertiary/aromatic N) is 2. The number of carbonyl (C=O) groups is 5. The SMILES string of the molecule is CCCCN(C)c1cc(N)c(O)c2c1CC1CC3[C@H](N(C)C)C(=O)C(C(N)=O)C(=O)[C@@]3(O)C(=O)C1C2=O. The highest BCUT2D eigenvalue weighted by Gasteiger charge is 2.69. The van der Waals surface area contributed by atoms with Crippen LogP contribution in [-0.4, -0.2) is 83.5 Å². The Bertz CT molecular complexity index is 1210. The molecule has 3 aliphatic rings. The molecule has 4 rings (SSSR count). The van der Waals surface area contributed by atoms with Crippen molar-refractivity contribution in [1.29, 1.82) is 0 Å². The standard InChI is InChI=1S/C26H34N4O7/c1-5-6-7-30(4)15-10-14(27)20(31)17-12(15)8-11-9-13-19(29(2)3)22(33)18(25(28)36)24(35)26(13,37)23(34)16(11)21(17)32/h10-11,13,16,18-19,31,37H,5-9,27H2,1-4H3,(H2,28,36)/t11?,13?,16?,18?,19-,26-/m0/s1. The predicted octanol–water partition coefficient (Wildman–Crippen LogP) is -0.314. The molecule has 0 aromatic heterocycles. The van der Waals surface area contributed by atoms with E-state index >= 15 is 0 Å². The van der Waals surface area contributed by atoms with E-state index in [9.17, 15) is 34.2 Å². The molecule has 0 heterocycles. The van der Waals surface area contributed by atoms with Crippen molar-refractivity contribution in [2.24, 2.45) is 29.4 Å². The average molecular weight is 515 g/mol. The molecule has 3 aliphatic carbocycles. The van der Waals surface area contributed by atoms with E-state index in [0.717, 1.165) is 12.8 Å². The Balaban J connectivity index is 1.86. The number of hydrogen-bond donors (Lipinski definition) is 4. The first-order chi connectivity index (χ1) is 17.3. The molecule has 11 heteroatoms. The molecular weight excluding hydrogens is 480 g/mol. The molecule has 1 aromatic rings. The maximum Gasteiger partial charge on any atom is 0.235 e. The molecule has 2 saturated carbocycles. The van der Waals surface area contributed by atoms with Gasteiger partial charge in [-0.3, -0.25) is 28.9 Å². The van der Waals surface area contributed by atoms with Crippen molar-refractivity contribution >= 4 is 40.4 Å². The lowest BCUT2D eigenvalue weighted by Crippen LogP contribution is -2.74. The summed E-state index contributed by atoms with van der Waals surface area (Å²) in [5.41, 5.74) is 9.71. The number of nitrogen functional groups attached to an aromatic ring is 1. The van der Waals surface area contributed by atoms with Gasteiger partial charge in [0, 0.05) is 25.2 Å². The largest absolute Gasteiger partial charge is 0.505 e. The van der Waals surface area contributed by atoms with Gasteiger partial charge in [0.15, 0.2) is 34.7 Å². The zero-order chi connectivity index (χ0) is 27.6. The van der Waals surface area contributed by atoms with Crippen molar-refractivity contribution in [3.63, 3.8) is 0 Å². The number of benzene rings is 1. The van der Waals surface area contributed by atoms with Gasteiger partial charge in [-0.05, 0) is 50.9 Å². The minimum Gasteiger partial charge on any atom is -0.505 e. The Morgan fingerprint density at radius 1 is 1.16 bits per heavy atom. The van der Waals surface area contributed by atoms with Crippen molar-refractivity contribution in [2.45, 2.75) is 44.2 Å². The summed E-state index contributed by atoms with van der Waals surface area (Å²) in [6, 6.07) is 0.472. The summed E-state index contributed by atoms with van der Waals surface area (Å²) in [4.78, 5) is 69.6. The zero-order valence-electron chi connectivity index (χ0n) is 21.5. The number of amides is 1. The fourth-order valence-electron chi connectivity index (χ4n) is 6.53. The van der Waals surface area contributed by atoms with Gasteiger partial charge in [-0.25, -0.2) is 0 Å². The monoisotopic (exact) mass is 514 g/mol. The van der Waals surface area contributed by atoms with Gasteiger partial charge in [-0.15, -0.1) is 0 Å². The second-order valence-corrected chi connectivity index (χ2v) is 10.8. The van der Waals surface area contributed by atoms with Crippen LogP contribution in [0.1, 0.15) is 42.1 Å². The van der Waals surface area contributed by atoms with Crippen molar-refractivity contribution in [1.82, 2.24) is 4.90 Å². The number of fused-ring (bicyclic) bond motifs is 3. The van der Waals surface area contributed by atoms with E-state index in [0.29, 0.717) is 17.8 Å². The van der Waals surface area contributed by atoms with Crippen LogP contribution in [0, 0.1) is 23.7 Å². The summed E-state index contributed by atoms with van der Waals surface area (Å²) in [5, 5.41) is 22.4. The highest BCUT2D eigenvalue weighted by atomic mass is 16.3. The summed E-state index contributed by atoms with van der Waals surface area (Å²) >= 11 is 0. The lowest BCUT2D eigenvalue weighted by atomic mass is 9.52. The Labute approximate surface area is 214 Å². The third kappa shape index (κ3) is 3.74. The number of primary amides is 1. The number of aromatic hydroxyl groups is 1. The lowest BCUT2D eigenvalue weighted by Gasteiger charge is -2.52. The first kappa shape index (κ1) is 26.7. The second-order valence-electron chi connectivity index (χ2n) is 10.8.